The molecule has 2 rings (SSSR count). The second-order valence-corrected chi connectivity index (χ2v) is 3.11. The SMILES string of the molecule is CONC(=O)N1C=Nc2ccccc2C1. The number of rotatable bonds is 1. The van der Waals surface area contributed by atoms with E-state index in [1.165, 1.54) is 18.3 Å². The minimum absolute atomic E-state index is 0.323. The maximum atomic E-state index is 11.4. The van der Waals surface area contributed by atoms with Crippen LogP contribution in [-0.2, 0) is 11.4 Å². The van der Waals surface area contributed by atoms with E-state index in [9.17, 15) is 4.79 Å². The molecular weight excluding hydrogens is 194 g/mol. The van der Waals surface area contributed by atoms with E-state index in [1.54, 1.807) is 0 Å². The molecule has 0 radical (unpaired) electrons. The van der Waals surface area contributed by atoms with Crippen LogP contribution in [-0.4, -0.2) is 24.4 Å². The predicted octanol–water partition coefficient (Wildman–Crippen LogP) is 1.43. The molecule has 0 spiro atoms. The van der Waals surface area contributed by atoms with Crippen LogP contribution >= 0.6 is 0 Å². The Morgan fingerprint density at radius 2 is 2.33 bits per heavy atom. The third-order valence-electron chi connectivity index (χ3n) is 2.12. The number of carbonyl (C=O) groups excluding carboxylic acids is 1. The van der Waals surface area contributed by atoms with Crippen LogP contribution in [0.25, 0.3) is 0 Å². The summed E-state index contributed by atoms with van der Waals surface area (Å²) in [5.74, 6) is 0. The third-order valence-corrected chi connectivity index (χ3v) is 2.12. The maximum absolute atomic E-state index is 11.4. The molecule has 0 bridgehead atoms. The second kappa shape index (κ2) is 4.10. The fourth-order valence-corrected chi connectivity index (χ4v) is 1.40. The first-order valence-electron chi connectivity index (χ1n) is 4.53. The first-order chi connectivity index (χ1) is 7.31. The maximum Gasteiger partial charge on any atom is 0.346 e. The number of urea groups is 1. The summed E-state index contributed by atoms with van der Waals surface area (Å²) in [6.45, 7) is 0.509. The fourth-order valence-electron chi connectivity index (χ4n) is 1.40. The highest BCUT2D eigenvalue weighted by atomic mass is 16.6. The van der Waals surface area contributed by atoms with Crippen molar-refractivity contribution in [1.29, 1.82) is 0 Å². The van der Waals surface area contributed by atoms with E-state index in [4.69, 9.17) is 0 Å². The number of para-hydroxylation sites is 1. The lowest BCUT2D eigenvalue weighted by Gasteiger charge is -2.21. The van der Waals surface area contributed by atoms with Crippen molar-refractivity contribution < 1.29 is 9.63 Å². The van der Waals surface area contributed by atoms with Crippen molar-refractivity contribution in [2.45, 2.75) is 6.54 Å². The highest BCUT2D eigenvalue weighted by molar-refractivity contribution is 5.88. The van der Waals surface area contributed by atoms with Crippen LogP contribution in [0.2, 0.25) is 0 Å². The number of hydrogen-bond donors (Lipinski definition) is 1. The minimum Gasteiger partial charge on any atom is -0.278 e. The first kappa shape index (κ1) is 9.67. The quantitative estimate of drug-likeness (QED) is 0.705. The van der Waals surface area contributed by atoms with Gasteiger partial charge in [-0.05, 0) is 11.6 Å². The molecule has 78 valence electrons. The minimum atomic E-state index is -0.323. The van der Waals surface area contributed by atoms with Crippen molar-refractivity contribution in [1.82, 2.24) is 10.4 Å². The molecule has 15 heavy (non-hydrogen) atoms. The van der Waals surface area contributed by atoms with Crippen LogP contribution in [0.3, 0.4) is 0 Å². The van der Waals surface area contributed by atoms with Gasteiger partial charge in [0.1, 0.15) is 0 Å². The Bertz CT molecular complexity index is 403. The monoisotopic (exact) mass is 205 g/mol. The highest BCUT2D eigenvalue weighted by Gasteiger charge is 2.16. The summed E-state index contributed by atoms with van der Waals surface area (Å²) >= 11 is 0. The number of nitrogens with zero attached hydrogens (tertiary/aromatic N) is 2. The molecule has 0 saturated heterocycles. The Labute approximate surface area is 87.3 Å². The normalized spacial score (nSPS) is 13.5. The summed E-state index contributed by atoms with van der Waals surface area (Å²) in [5.41, 5.74) is 4.16. The first-order valence-corrected chi connectivity index (χ1v) is 4.53. The summed E-state index contributed by atoms with van der Waals surface area (Å²) in [7, 11) is 1.40. The lowest BCUT2D eigenvalue weighted by atomic mass is 10.1. The number of nitrogens with one attached hydrogen (secondary N) is 1. The highest BCUT2D eigenvalue weighted by Crippen LogP contribution is 2.23. The second-order valence-electron chi connectivity index (χ2n) is 3.11. The van der Waals surface area contributed by atoms with Crippen LogP contribution in [0.1, 0.15) is 5.56 Å². The molecule has 0 aromatic heterocycles. The molecule has 1 aromatic rings. The van der Waals surface area contributed by atoms with E-state index >= 15 is 0 Å². The van der Waals surface area contributed by atoms with Gasteiger partial charge in [-0.2, -0.15) is 0 Å². The molecule has 0 saturated carbocycles. The Kier molecular flexibility index (Phi) is 2.64. The molecule has 1 aliphatic rings. The lowest BCUT2D eigenvalue weighted by Crippen LogP contribution is -2.39. The van der Waals surface area contributed by atoms with Gasteiger partial charge in [0.25, 0.3) is 0 Å². The smallest absolute Gasteiger partial charge is 0.278 e. The summed E-state index contributed by atoms with van der Waals surface area (Å²) in [6, 6.07) is 7.37. The summed E-state index contributed by atoms with van der Waals surface area (Å²) in [5, 5.41) is 0. The van der Waals surface area contributed by atoms with Gasteiger partial charge in [-0.25, -0.2) is 15.3 Å². The van der Waals surface area contributed by atoms with Crippen molar-refractivity contribution in [3.05, 3.63) is 29.8 Å². The molecule has 1 aromatic carbocycles. The van der Waals surface area contributed by atoms with Crippen molar-refractivity contribution in [2.24, 2.45) is 4.99 Å². The Balaban J connectivity index is 2.15. The molecular formula is C10H11N3O2. The van der Waals surface area contributed by atoms with Crippen LogP contribution in [0.4, 0.5) is 10.5 Å². The molecule has 0 aliphatic carbocycles. The van der Waals surface area contributed by atoms with Crippen LogP contribution < -0.4 is 5.48 Å². The van der Waals surface area contributed by atoms with E-state index < -0.39 is 0 Å². The van der Waals surface area contributed by atoms with Crippen LogP contribution in [0.5, 0.6) is 0 Å². The zero-order valence-corrected chi connectivity index (χ0v) is 8.30. The number of hydrogen-bond acceptors (Lipinski definition) is 3. The summed E-state index contributed by atoms with van der Waals surface area (Å²) in [4.78, 5) is 21.6. The van der Waals surface area contributed by atoms with Gasteiger partial charge in [0.2, 0.25) is 0 Å². The van der Waals surface area contributed by atoms with Crippen molar-refractivity contribution >= 4 is 18.1 Å². The van der Waals surface area contributed by atoms with E-state index in [2.05, 4.69) is 15.3 Å². The number of aliphatic imine (C=N–C) groups is 1. The Morgan fingerprint density at radius 1 is 1.53 bits per heavy atom. The fraction of sp³-hybridized carbons (Fsp3) is 0.200. The average Bonchev–Trinajstić information content (AvgIpc) is 2.29. The molecule has 0 fully saturated rings. The number of benzene rings is 1. The number of amides is 2. The Morgan fingerprint density at radius 3 is 3.13 bits per heavy atom. The van der Waals surface area contributed by atoms with Crippen LogP contribution in [0, 0.1) is 0 Å². The van der Waals surface area contributed by atoms with Gasteiger partial charge < -0.3 is 0 Å². The predicted molar refractivity (Wildman–Crippen MR) is 55.7 cm³/mol. The molecule has 5 nitrogen and oxygen atoms in total. The van der Waals surface area contributed by atoms with Gasteiger partial charge in [-0.15, -0.1) is 0 Å². The number of hydroxylamine groups is 1. The van der Waals surface area contributed by atoms with Gasteiger partial charge in [0.05, 0.1) is 25.7 Å². The molecule has 0 unspecified atom stereocenters. The molecule has 1 aliphatic heterocycles. The Hall–Kier alpha value is -1.88. The zero-order chi connectivity index (χ0) is 10.7. The average molecular weight is 205 g/mol. The van der Waals surface area contributed by atoms with E-state index in [-0.39, 0.29) is 6.03 Å². The van der Waals surface area contributed by atoms with Crippen molar-refractivity contribution in [2.75, 3.05) is 7.11 Å². The van der Waals surface area contributed by atoms with E-state index in [0.29, 0.717) is 6.54 Å². The van der Waals surface area contributed by atoms with Gasteiger partial charge in [-0.1, -0.05) is 18.2 Å². The zero-order valence-electron chi connectivity index (χ0n) is 8.30. The number of carbonyl (C=O) groups is 1. The van der Waals surface area contributed by atoms with Gasteiger partial charge >= 0.3 is 6.03 Å². The largest absolute Gasteiger partial charge is 0.346 e. The van der Waals surface area contributed by atoms with Crippen molar-refractivity contribution in [3.63, 3.8) is 0 Å². The van der Waals surface area contributed by atoms with Gasteiger partial charge in [-0.3, -0.25) is 9.74 Å². The molecule has 0 atom stereocenters. The van der Waals surface area contributed by atoms with Crippen LogP contribution in [0.15, 0.2) is 29.3 Å². The standard InChI is InChI=1S/C10H11N3O2/c1-15-12-10(14)13-6-8-4-2-3-5-9(8)11-7-13/h2-5,7H,6H2,1H3,(H,12,14). The number of fused-ring (bicyclic) bond motifs is 1. The summed E-state index contributed by atoms with van der Waals surface area (Å²) in [6.07, 6.45) is 1.50. The molecule has 5 heteroatoms. The van der Waals surface area contributed by atoms with Crippen molar-refractivity contribution in [3.8, 4) is 0 Å². The molecule has 2 amide bonds. The lowest BCUT2D eigenvalue weighted by molar-refractivity contribution is 0.0962. The van der Waals surface area contributed by atoms with Gasteiger partial charge in [0.15, 0.2) is 0 Å². The molecule has 1 N–H and O–H groups in total. The van der Waals surface area contributed by atoms with E-state index in [0.717, 1.165) is 11.3 Å². The van der Waals surface area contributed by atoms with E-state index in [1.807, 2.05) is 24.3 Å². The third kappa shape index (κ3) is 1.97. The van der Waals surface area contributed by atoms with Gasteiger partial charge in [0, 0.05) is 0 Å². The molecule has 1 heterocycles. The topological polar surface area (TPSA) is 53.9 Å². The summed E-state index contributed by atoms with van der Waals surface area (Å²) < 4.78 is 0.